The SMILES string of the molecule is CC[NH+]1CCN(c2ccccc2NC(=O)c2ccc(SC)cc2OC)CC1. The van der Waals surface area contributed by atoms with E-state index in [1.54, 1.807) is 23.8 Å². The highest BCUT2D eigenvalue weighted by atomic mass is 32.2. The summed E-state index contributed by atoms with van der Waals surface area (Å²) in [6, 6.07) is 13.7. The third kappa shape index (κ3) is 4.57. The van der Waals surface area contributed by atoms with Crippen LogP contribution in [0.2, 0.25) is 0 Å². The minimum atomic E-state index is -0.148. The summed E-state index contributed by atoms with van der Waals surface area (Å²) in [4.78, 5) is 18.0. The van der Waals surface area contributed by atoms with Crippen LogP contribution in [-0.2, 0) is 0 Å². The summed E-state index contributed by atoms with van der Waals surface area (Å²) in [6.07, 6.45) is 2.00. The molecule has 1 saturated heterocycles. The molecule has 0 atom stereocenters. The molecule has 2 N–H and O–H groups in total. The number of amides is 1. The molecule has 0 aliphatic carbocycles. The molecule has 1 aliphatic heterocycles. The van der Waals surface area contributed by atoms with Gasteiger partial charge in [0.2, 0.25) is 0 Å². The Bertz CT molecular complexity index is 789. The van der Waals surface area contributed by atoms with Gasteiger partial charge >= 0.3 is 0 Å². The maximum Gasteiger partial charge on any atom is 0.259 e. The number of thioether (sulfide) groups is 1. The summed E-state index contributed by atoms with van der Waals surface area (Å²) in [5, 5.41) is 3.09. The number of piperazine rings is 1. The van der Waals surface area contributed by atoms with E-state index in [0.29, 0.717) is 11.3 Å². The Morgan fingerprint density at radius 2 is 1.96 bits per heavy atom. The van der Waals surface area contributed by atoms with Gasteiger partial charge < -0.3 is 19.9 Å². The third-order valence-corrected chi connectivity index (χ3v) is 5.84. The first-order valence-electron chi connectivity index (χ1n) is 9.37. The quantitative estimate of drug-likeness (QED) is 0.749. The van der Waals surface area contributed by atoms with Crippen molar-refractivity contribution in [3.05, 3.63) is 48.0 Å². The van der Waals surface area contributed by atoms with Gasteiger partial charge in [-0.1, -0.05) is 12.1 Å². The number of hydrogen-bond donors (Lipinski definition) is 2. The van der Waals surface area contributed by atoms with Crippen LogP contribution in [0.3, 0.4) is 0 Å². The number of likely N-dealkylation sites (N-methyl/N-ethyl adjacent to an activating group) is 1. The van der Waals surface area contributed by atoms with E-state index in [-0.39, 0.29) is 5.91 Å². The highest BCUT2D eigenvalue weighted by Crippen LogP contribution is 2.29. The van der Waals surface area contributed by atoms with Crippen LogP contribution in [0.1, 0.15) is 17.3 Å². The predicted molar refractivity (Wildman–Crippen MR) is 113 cm³/mol. The Kier molecular flexibility index (Phi) is 6.63. The van der Waals surface area contributed by atoms with Crippen LogP contribution in [0.5, 0.6) is 5.75 Å². The van der Waals surface area contributed by atoms with Crippen molar-refractivity contribution in [3.8, 4) is 5.75 Å². The fourth-order valence-corrected chi connectivity index (χ4v) is 3.88. The van der Waals surface area contributed by atoms with E-state index in [1.165, 1.54) is 0 Å². The lowest BCUT2D eigenvalue weighted by molar-refractivity contribution is -0.898. The molecule has 6 heteroatoms. The first kappa shape index (κ1) is 19.6. The first-order chi connectivity index (χ1) is 13.2. The van der Waals surface area contributed by atoms with Crippen LogP contribution >= 0.6 is 11.8 Å². The molecule has 0 saturated carbocycles. The molecule has 2 aromatic carbocycles. The Balaban J connectivity index is 1.79. The second kappa shape index (κ2) is 9.15. The number of hydrogen-bond acceptors (Lipinski definition) is 4. The van der Waals surface area contributed by atoms with E-state index in [9.17, 15) is 4.79 Å². The number of ether oxygens (including phenoxy) is 1. The van der Waals surface area contributed by atoms with Crippen LogP contribution in [0.25, 0.3) is 0 Å². The normalized spacial score (nSPS) is 14.9. The van der Waals surface area contributed by atoms with E-state index in [0.717, 1.165) is 49.0 Å². The van der Waals surface area contributed by atoms with Gasteiger partial charge in [-0.05, 0) is 43.5 Å². The van der Waals surface area contributed by atoms with Gasteiger partial charge in [0.15, 0.2) is 0 Å². The summed E-state index contributed by atoms with van der Waals surface area (Å²) < 4.78 is 5.43. The lowest BCUT2D eigenvalue weighted by atomic mass is 10.1. The second-order valence-corrected chi connectivity index (χ2v) is 7.51. The van der Waals surface area contributed by atoms with Gasteiger partial charge in [0.05, 0.1) is 56.8 Å². The minimum Gasteiger partial charge on any atom is -0.496 e. The Hall–Kier alpha value is -2.18. The number of quaternary nitrogens is 1. The Morgan fingerprint density at radius 3 is 2.63 bits per heavy atom. The Morgan fingerprint density at radius 1 is 1.22 bits per heavy atom. The molecule has 1 amide bonds. The zero-order valence-electron chi connectivity index (χ0n) is 16.2. The summed E-state index contributed by atoms with van der Waals surface area (Å²) >= 11 is 1.63. The van der Waals surface area contributed by atoms with E-state index in [1.807, 2.05) is 42.7 Å². The molecule has 0 spiro atoms. The number of benzene rings is 2. The molecule has 3 rings (SSSR count). The molecule has 1 heterocycles. The van der Waals surface area contributed by atoms with Crippen molar-refractivity contribution in [3.63, 3.8) is 0 Å². The van der Waals surface area contributed by atoms with Gasteiger partial charge in [-0.3, -0.25) is 4.79 Å². The fraction of sp³-hybridized carbons (Fsp3) is 0.381. The largest absolute Gasteiger partial charge is 0.496 e. The maximum absolute atomic E-state index is 12.9. The smallest absolute Gasteiger partial charge is 0.259 e. The monoisotopic (exact) mass is 386 g/mol. The number of methoxy groups -OCH3 is 1. The number of rotatable bonds is 6. The summed E-state index contributed by atoms with van der Waals surface area (Å²) in [5.41, 5.74) is 2.48. The average Bonchev–Trinajstić information content (AvgIpc) is 2.73. The standard InChI is InChI=1S/C21H27N3O2S/c1-4-23-11-13-24(14-12-23)19-8-6-5-7-18(19)22-21(25)17-10-9-16(27-3)15-20(17)26-2/h5-10,15H,4,11-14H2,1-3H3,(H,22,25)/p+1. The van der Waals surface area contributed by atoms with Gasteiger partial charge in [-0.15, -0.1) is 11.8 Å². The number of carbonyl (C=O) groups excluding carboxylic acids is 1. The molecule has 0 radical (unpaired) electrons. The van der Waals surface area contributed by atoms with Crippen molar-refractivity contribution in [2.24, 2.45) is 0 Å². The van der Waals surface area contributed by atoms with E-state index in [4.69, 9.17) is 4.74 Å². The molecule has 1 aliphatic rings. The zero-order chi connectivity index (χ0) is 19.2. The van der Waals surface area contributed by atoms with Crippen molar-refractivity contribution in [1.29, 1.82) is 0 Å². The zero-order valence-corrected chi connectivity index (χ0v) is 17.1. The van der Waals surface area contributed by atoms with Gasteiger partial charge in [-0.2, -0.15) is 0 Å². The molecule has 5 nitrogen and oxygen atoms in total. The fourth-order valence-electron chi connectivity index (χ4n) is 3.45. The molecule has 1 fully saturated rings. The Labute approximate surface area is 165 Å². The second-order valence-electron chi connectivity index (χ2n) is 6.63. The van der Waals surface area contributed by atoms with Gasteiger partial charge in [0.25, 0.3) is 5.91 Å². The molecule has 27 heavy (non-hydrogen) atoms. The van der Waals surface area contributed by atoms with Crippen molar-refractivity contribution in [2.45, 2.75) is 11.8 Å². The highest BCUT2D eigenvalue weighted by molar-refractivity contribution is 7.98. The lowest BCUT2D eigenvalue weighted by Gasteiger charge is -2.34. The molecule has 0 bridgehead atoms. The van der Waals surface area contributed by atoms with Crippen LogP contribution in [0, 0.1) is 0 Å². The van der Waals surface area contributed by atoms with Crippen molar-refractivity contribution in [1.82, 2.24) is 0 Å². The van der Waals surface area contributed by atoms with Crippen molar-refractivity contribution >= 4 is 29.0 Å². The first-order valence-corrected chi connectivity index (χ1v) is 10.6. The van der Waals surface area contributed by atoms with Gasteiger partial charge in [0.1, 0.15) is 5.75 Å². The van der Waals surface area contributed by atoms with Crippen LogP contribution in [-0.4, -0.2) is 52.0 Å². The highest BCUT2D eigenvalue weighted by Gasteiger charge is 2.22. The molecule has 0 unspecified atom stereocenters. The number of anilines is 2. The molecular formula is C21H28N3O2S+. The van der Waals surface area contributed by atoms with E-state index < -0.39 is 0 Å². The average molecular weight is 387 g/mol. The molecule has 144 valence electrons. The third-order valence-electron chi connectivity index (χ3n) is 5.12. The molecule has 0 aromatic heterocycles. The number of para-hydroxylation sites is 2. The maximum atomic E-state index is 12.9. The predicted octanol–water partition coefficient (Wildman–Crippen LogP) is 2.39. The van der Waals surface area contributed by atoms with Crippen LogP contribution in [0.15, 0.2) is 47.4 Å². The van der Waals surface area contributed by atoms with Crippen LogP contribution < -0.4 is 19.9 Å². The van der Waals surface area contributed by atoms with Gasteiger partial charge in [-0.25, -0.2) is 0 Å². The van der Waals surface area contributed by atoms with Crippen molar-refractivity contribution < 1.29 is 14.4 Å². The lowest BCUT2D eigenvalue weighted by Crippen LogP contribution is -3.14. The summed E-state index contributed by atoms with van der Waals surface area (Å²) in [7, 11) is 1.60. The number of carbonyl (C=O) groups is 1. The number of nitrogens with one attached hydrogen (secondary N) is 2. The summed E-state index contributed by atoms with van der Waals surface area (Å²) in [6.45, 7) is 7.65. The minimum absolute atomic E-state index is 0.148. The van der Waals surface area contributed by atoms with Crippen LogP contribution in [0.4, 0.5) is 11.4 Å². The van der Waals surface area contributed by atoms with Gasteiger partial charge in [0, 0.05) is 4.90 Å². The van der Waals surface area contributed by atoms with E-state index >= 15 is 0 Å². The molecule has 2 aromatic rings. The van der Waals surface area contributed by atoms with Crippen molar-refractivity contribution in [2.75, 3.05) is 56.3 Å². The summed E-state index contributed by atoms with van der Waals surface area (Å²) in [5.74, 6) is 0.446. The van der Waals surface area contributed by atoms with E-state index in [2.05, 4.69) is 23.2 Å². The molecular weight excluding hydrogens is 358 g/mol. The topological polar surface area (TPSA) is 46.0 Å². The number of nitrogens with zero attached hydrogens (tertiary/aromatic N) is 1.